The zero-order valence-corrected chi connectivity index (χ0v) is 18.0. The van der Waals surface area contributed by atoms with E-state index in [1.807, 2.05) is 31.5 Å². The first-order valence-electron chi connectivity index (χ1n) is 10.2. The van der Waals surface area contributed by atoms with Gasteiger partial charge in [-0.05, 0) is 67.4 Å². The molecule has 0 radical (unpaired) electrons. The highest BCUT2D eigenvalue weighted by Crippen LogP contribution is 2.30. The van der Waals surface area contributed by atoms with Crippen LogP contribution in [-0.4, -0.2) is 19.6 Å². The van der Waals surface area contributed by atoms with E-state index in [0.29, 0.717) is 0 Å². The molecule has 0 unspecified atom stereocenters. The average Bonchev–Trinajstić information content (AvgIpc) is 3.50. The molecule has 0 saturated heterocycles. The predicted octanol–water partition coefficient (Wildman–Crippen LogP) is 6.25. The van der Waals surface area contributed by atoms with Crippen molar-refractivity contribution in [1.29, 1.82) is 0 Å². The molecule has 6 heteroatoms. The van der Waals surface area contributed by atoms with Gasteiger partial charge in [0.2, 0.25) is 0 Å². The SMILES string of the molecule is C=C(Nc1ccc(F)cc1)c1cc(-c2cccn3c(C)ncc23)ccc1C.c1cn[nH]c1. The quantitative estimate of drug-likeness (QED) is 0.358. The summed E-state index contributed by atoms with van der Waals surface area (Å²) in [4.78, 5) is 4.42. The molecule has 32 heavy (non-hydrogen) atoms. The summed E-state index contributed by atoms with van der Waals surface area (Å²) >= 11 is 0. The lowest BCUT2D eigenvalue weighted by Gasteiger charge is -2.14. The Morgan fingerprint density at radius 1 is 1.06 bits per heavy atom. The van der Waals surface area contributed by atoms with Crippen molar-refractivity contribution in [2.24, 2.45) is 0 Å². The molecule has 3 aromatic heterocycles. The lowest BCUT2D eigenvalue weighted by molar-refractivity contribution is 0.628. The minimum atomic E-state index is -0.256. The molecule has 3 heterocycles. The molecule has 2 N–H and O–H groups in total. The molecule has 0 saturated carbocycles. The van der Waals surface area contributed by atoms with Crippen molar-refractivity contribution >= 4 is 16.9 Å². The highest BCUT2D eigenvalue weighted by Gasteiger charge is 2.10. The lowest BCUT2D eigenvalue weighted by Crippen LogP contribution is -2.00. The van der Waals surface area contributed by atoms with Crippen molar-refractivity contribution in [3.8, 4) is 11.1 Å². The first kappa shape index (κ1) is 21.1. The Hall–Kier alpha value is -4.19. The first-order valence-corrected chi connectivity index (χ1v) is 10.2. The molecule has 5 rings (SSSR count). The van der Waals surface area contributed by atoms with Crippen LogP contribution < -0.4 is 5.32 Å². The number of halogens is 1. The molecular weight excluding hydrogens is 401 g/mol. The van der Waals surface area contributed by atoms with Gasteiger partial charge >= 0.3 is 0 Å². The van der Waals surface area contributed by atoms with Crippen LogP contribution in [0.2, 0.25) is 0 Å². The van der Waals surface area contributed by atoms with Crippen LogP contribution in [0.15, 0.2) is 92.0 Å². The number of nitrogens with one attached hydrogen (secondary N) is 2. The summed E-state index contributed by atoms with van der Waals surface area (Å²) in [5.41, 5.74) is 7.02. The lowest BCUT2D eigenvalue weighted by atomic mass is 9.98. The van der Waals surface area contributed by atoms with Crippen LogP contribution in [0.1, 0.15) is 17.0 Å². The Labute approximate surface area is 186 Å². The van der Waals surface area contributed by atoms with Crippen LogP contribution in [0.4, 0.5) is 10.1 Å². The number of benzene rings is 2. The van der Waals surface area contributed by atoms with Crippen LogP contribution >= 0.6 is 0 Å². The molecule has 0 spiro atoms. The molecule has 0 bridgehead atoms. The van der Waals surface area contributed by atoms with E-state index < -0.39 is 0 Å². The van der Waals surface area contributed by atoms with E-state index in [-0.39, 0.29) is 5.82 Å². The van der Waals surface area contributed by atoms with Crippen LogP contribution in [0.25, 0.3) is 22.3 Å². The second-order valence-electron chi connectivity index (χ2n) is 7.39. The summed E-state index contributed by atoms with van der Waals surface area (Å²) < 4.78 is 15.2. The van der Waals surface area contributed by atoms with E-state index in [4.69, 9.17) is 0 Å². The number of anilines is 1. The average molecular weight is 426 g/mol. The van der Waals surface area contributed by atoms with Crippen LogP contribution in [0, 0.1) is 19.7 Å². The summed E-state index contributed by atoms with van der Waals surface area (Å²) in [6.45, 7) is 8.23. The molecule has 0 aliphatic heterocycles. The summed E-state index contributed by atoms with van der Waals surface area (Å²) in [6, 6.07) is 18.6. The summed E-state index contributed by atoms with van der Waals surface area (Å²) in [7, 11) is 0. The predicted molar refractivity (Wildman–Crippen MR) is 128 cm³/mol. The third-order valence-electron chi connectivity index (χ3n) is 5.17. The van der Waals surface area contributed by atoms with E-state index in [2.05, 4.69) is 62.7 Å². The van der Waals surface area contributed by atoms with Gasteiger partial charge in [0.25, 0.3) is 0 Å². The Balaban J connectivity index is 0.000000433. The zero-order valence-electron chi connectivity index (χ0n) is 18.0. The van der Waals surface area contributed by atoms with Gasteiger partial charge < -0.3 is 9.72 Å². The zero-order chi connectivity index (χ0) is 22.5. The Morgan fingerprint density at radius 3 is 2.56 bits per heavy atom. The third-order valence-corrected chi connectivity index (χ3v) is 5.17. The highest BCUT2D eigenvalue weighted by molar-refractivity contribution is 5.84. The third kappa shape index (κ3) is 4.59. The van der Waals surface area contributed by atoms with Gasteiger partial charge in [0, 0.05) is 41.1 Å². The normalized spacial score (nSPS) is 10.5. The second kappa shape index (κ2) is 9.31. The van der Waals surface area contributed by atoms with Crippen molar-refractivity contribution in [1.82, 2.24) is 19.6 Å². The van der Waals surface area contributed by atoms with E-state index >= 15 is 0 Å². The van der Waals surface area contributed by atoms with Crippen molar-refractivity contribution < 1.29 is 4.39 Å². The summed E-state index contributed by atoms with van der Waals surface area (Å²) in [5, 5.41) is 9.48. The molecule has 5 nitrogen and oxygen atoms in total. The first-order chi connectivity index (χ1) is 15.5. The van der Waals surface area contributed by atoms with Crippen molar-refractivity contribution in [3.63, 3.8) is 0 Å². The number of H-pyrrole nitrogens is 1. The fraction of sp³-hybridized carbons (Fsp3) is 0.0769. The van der Waals surface area contributed by atoms with Gasteiger partial charge in [-0.25, -0.2) is 9.37 Å². The van der Waals surface area contributed by atoms with Crippen LogP contribution in [-0.2, 0) is 0 Å². The maximum atomic E-state index is 13.1. The number of hydrogen-bond acceptors (Lipinski definition) is 3. The molecule has 0 fully saturated rings. The largest absolute Gasteiger partial charge is 0.356 e. The van der Waals surface area contributed by atoms with Crippen molar-refractivity contribution in [2.75, 3.05) is 5.32 Å². The number of aromatic amines is 1. The number of fused-ring (bicyclic) bond motifs is 1. The molecule has 0 aliphatic rings. The van der Waals surface area contributed by atoms with Gasteiger partial charge in [-0.2, -0.15) is 5.10 Å². The fourth-order valence-corrected chi connectivity index (χ4v) is 3.50. The van der Waals surface area contributed by atoms with E-state index in [1.165, 1.54) is 12.1 Å². The van der Waals surface area contributed by atoms with Crippen LogP contribution in [0.3, 0.4) is 0 Å². The Kier molecular flexibility index (Phi) is 6.12. The summed E-state index contributed by atoms with van der Waals surface area (Å²) in [6.07, 6.45) is 7.38. The van der Waals surface area contributed by atoms with Gasteiger partial charge in [0.1, 0.15) is 11.6 Å². The molecule has 5 aromatic rings. The fourth-order valence-electron chi connectivity index (χ4n) is 3.50. The minimum absolute atomic E-state index is 0.256. The van der Waals surface area contributed by atoms with E-state index in [1.54, 1.807) is 24.5 Å². The summed E-state index contributed by atoms with van der Waals surface area (Å²) in [5.74, 6) is 0.704. The molecular formula is C26H24FN5. The molecule has 160 valence electrons. The number of aromatic nitrogens is 4. The van der Waals surface area contributed by atoms with E-state index in [0.717, 1.165) is 45.0 Å². The Morgan fingerprint density at radius 2 is 1.88 bits per heavy atom. The number of imidazole rings is 1. The number of nitrogens with zero attached hydrogens (tertiary/aromatic N) is 3. The van der Waals surface area contributed by atoms with Gasteiger partial charge in [0.15, 0.2) is 0 Å². The smallest absolute Gasteiger partial charge is 0.123 e. The van der Waals surface area contributed by atoms with Crippen LogP contribution in [0.5, 0.6) is 0 Å². The number of pyridine rings is 1. The van der Waals surface area contributed by atoms with Gasteiger partial charge in [-0.3, -0.25) is 5.10 Å². The molecule has 2 aromatic carbocycles. The number of aryl methyl sites for hydroxylation is 2. The Bertz CT molecular complexity index is 1320. The maximum absolute atomic E-state index is 13.1. The van der Waals surface area contributed by atoms with Gasteiger partial charge in [-0.1, -0.05) is 24.8 Å². The highest BCUT2D eigenvalue weighted by atomic mass is 19.1. The standard InChI is InChI=1S/C23H20FN3.C3H4N2/c1-15-6-7-18(21-5-4-12-27-17(3)25-14-23(21)27)13-22(15)16(2)26-20-10-8-19(24)9-11-20;1-2-4-5-3-1/h4-14,26H,2H2,1,3H3;1-3H,(H,4,5). The van der Waals surface area contributed by atoms with Crippen molar-refractivity contribution in [3.05, 3.63) is 115 Å². The minimum Gasteiger partial charge on any atom is -0.356 e. The second-order valence-corrected chi connectivity index (χ2v) is 7.39. The van der Waals surface area contributed by atoms with Crippen molar-refractivity contribution in [2.45, 2.75) is 13.8 Å². The molecule has 0 aliphatic carbocycles. The van der Waals surface area contributed by atoms with E-state index in [9.17, 15) is 4.39 Å². The number of rotatable bonds is 4. The van der Waals surface area contributed by atoms with Gasteiger partial charge in [0.05, 0.1) is 11.7 Å². The number of hydrogen-bond donors (Lipinski definition) is 2. The monoisotopic (exact) mass is 425 g/mol. The van der Waals surface area contributed by atoms with Gasteiger partial charge in [-0.15, -0.1) is 0 Å². The molecule has 0 atom stereocenters. The molecule has 0 amide bonds. The maximum Gasteiger partial charge on any atom is 0.123 e. The topological polar surface area (TPSA) is 58.0 Å².